The maximum atomic E-state index is 12.3. The lowest BCUT2D eigenvalue weighted by Gasteiger charge is -2.14. The third-order valence-electron chi connectivity index (χ3n) is 3.05. The van der Waals surface area contributed by atoms with E-state index in [0.29, 0.717) is 10.6 Å². The average Bonchev–Trinajstić information content (AvgIpc) is 2.84. The first-order valence-electron chi connectivity index (χ1n) is 6.50. The highest BCUT2D eigenvalue weighted by Gasteiger charge is 2.24. The van der Waals surface area contributed by atoms with Gasteiger partial charge < -0.3 is 10.1 Å². The van der Waals surface area contributed by atoms with E-state index in [0.717, 1.165) is 10.1 Å². The van der Waals surface area contributed by atoms with Gasteiger partial charge in [-0.3, -0.25) is 4.79 Å². The number of methoxy groups -OCH3 is 1. The molecule has 4 nitrogen and oxygen atoms in total. The zero-order valence-electron chi connectivity index (χ0n) is 12.0. The summed E-state index contributed by atoms with van der Waals surface area (Å²) in [4.78, 5) is 24.3. The Balaban J connectivity index is 2.45. The molecule has 2 rings (SSSR count). The number of fused-ring (bicyclic) bond motifs is 1. The van der Waals surface area contributed by atoms with Crippen molar-refractivity contribution < 1.29 is 14.3 Å². The zero-order chi connectivity index (χ0) is 15.6. The molecule has 0 radical (unpaired) electrons. The Labute approximate surface area is 135 Å². The van der Waals surface area contributed by atoms with E-state index in [2.05, 4.69) is 21.2 Å². The molecule has 1 N–H and O–H groups in total. The fraction of sp³-hybridized carbons (Fsp3) is 0.333. The zero-order valence-corrected chi connectivity index (χ0v) is 14.4. The molecule has 0 spiro atoms. The summed E-state index contributed by atoms with van der Waals surface area (Å²) < 4.78 is 5.74. The number of ether oxygens (including phenoxy) is 1. The largest absolute Gasteiger partial charge is 0.465 e. The third kappa shape index (κ3) is 3.27. The molecule has 1 aromatic carbocycles. The SMILES string of the molecule is COC(=O)c1sc2ccccc2c1NC(=O)C(Br)C(C)C. The Kier molecular flexibility index (Phi) is 5.00. The molecule has 1 heterocycles. The first-order chi connectivity index (χ1) is 9.95. The maximum absolute atomic E-state index is 12.3. The minimum atomic E-state index is -0.442. The maximum Gasteiger partial charge on any atom is 0.350 e. The highest BCUT2D eigenvalue weighted by Crippen LogP contribution is 2.36. The van der Waals surface area contributed by atoms with E-state index < -0.39 is 5.97 Å². The van der Waals surface area contributed by atoms with Crippen molar-refractivity contribution in [2.75, 3.05) is 12.4 Å². The van der Waals surface area contributed by atoms with Crippen LogP contribution in [-0.4, -0.2) is 23.8 Å². The van der Waals surface area contributed by atoms with Gasteiger partial charge in [0.25, 0.3) is 0 Å². The second-order valence-electron chi connectivity index (χ2n) is 4.93. The summed E-state index contributed by atoms with van der Waals surface area (Å²) >= 11 is 4.69. The van der Waals surface area contributed by atoms with Crippen LogP contribution in [0.5, 0.6) is 0 Å². The molecular formula is C15H16BrNO3S. The van der Waals surface area contributed by atoms with Gasteiger partial charge in [0.15, 0.2) is 0 Å². The van der Waals surface area contributed by atoms with Crippen molar-refractivity contribution in [3.63, 3.8) is 0 Å². The van der Waals surface area contributed by atoms with Crippen molar-refractivity contribution in [2.24, 2.45) is 5.92 Å². The normalized spacial score (nSPS) is 12.4. The Morgan fingerprint density at radius 3 is 2.57 bits per heavy atom. The molecule has 0 aliphatic carbocycles. The number of nitrogens with one attached hydrogen (secondary N) is 1. The monoisotopic (exact) mass is 369 g/mol. The van der Waals surface area contributed by atoms with Gasteiger partial charge in [0.05, 0.1) is 17.6 Å². The second kappa shape index (κ2) is 6.58. The van der Waals surface area contributed by atoms with Crippen LogP contribution < -0.4 is 5.32 Å². The summed E-state index contributed by atoms with van der Waals surface area (Å²) in [6.07, 6.45) is 0. The smallest absolute Gasteiger partial charge is 0.350 e. The van der Waals surface area contributed by atoms with Crippen LogP contribution in [0.15, 0.2) is 24.3 Å². The Bertz CT molecular complexity index is 681. The molecule has 1 atom stereocenters. The highest BCUT2D eigenvalue weighted by molar-refractivity contribution is 9.10. The molecule has 21 heavy (non-hydrogen) atoms. The number of carbonyl (C=O) groups is 2. The van der Waals surface area contributed by atoms with Crippen LogP contribution in [0.3, 0.4) is 0 Å². The first kappa shape index (κ1) is 16.0. The summed E-state index contributed by atoms with van der Waals surface area (Å²) in [6, 6.07) is 7.56. The van der Waals surface area contributed by atoms with Gasteiger partial charge in [-0.2, -0.15) is 0 Å². The van der Waals surface area contributed by atoms with Crippen LogP contribution in [0.25, 0.3) is 10.1 Å². The number of hydrogen-bond donors (Lipinski definition) is 1. The number of rotatable bonds is 4. The van der Waals surface area contributed by atoms with Gasteiger partial charge in [-0.25, -0.2) is 4.79 Å². The molecule has 1 aromatic heterocycles. The van der Waals surface area contributed by atoms with Crippen LogP contribution in [0.2, 0.25) is 0 Å². The quantitative estimate of drug-likeness (QED) is 0.653. The van der Waals surface area contributed by atoms with Crippen LogP contribution >= 0.6 is 27.3 Å². The van der Waals surface area contributed by atoms with Crippen molar-refractivity contribution in [2.45, 2.75) is 18.7 Å². The molecule has 6 heteroatoms. The Morgan fingerprint density at radius 2 is 1.95 bits per heavy atom. The lowest BCUT2D eigenvalue weighted by molar-refractivity contribution is -0.116. The van der Waals surface area contributed by atoms with Gasteiger partial charge in [0.2, 0.25) is 5.91 Å². The Hall–Kier alpha value is -1.40. The van der Waals surface area contributed by atoms with Crippen LogP contribution in [0, 0.1) is 5.92 Å². The third-order valence-corrected chi connectivity index (χ3v) is 5.67. The minimum Gasteiger partial charge on any atom is -0.465 e. The van der Waals surface area contributed by atoms with Crippen LogP contribution in [0.4, 0.5) is 5.69 Å². The molecule has 2 aromatic rings. The van der Waals surface area contributed by atoms with Crippen molar-refractivity contribution in [1.82, 2.24) is 0 Å². The highest BCUT2D eigenvalue weighted by atomic mass is 79.9. The lowest BCUT2D eigenvalue weighted by Crippen LogP contribution is -2.27. The van der Waals surface area contributed by atoms with Gasteiger partial charge in [-0.1, -0.05) is 48.0 Å². The molecule has 112 valence electrons. The van der Waals surface area contributed by atoms with E-state index in [1.165, 1.54) is 18.4 Å². The molecule has 0 fully saturated rings. The molecule has 1 unspecified atom stereocenters. The topological polar surface area (TPSA) is 55.4 Å². The average molecular weight is 370 g/mol. The fourth-order valence-electron chi connectivity index (χ4n) is 1.90. The summed E-state index contributed by atoms with van der Waals surface area (Å²) in [5.74, 6) is -0.461. The van der Waals surface area contributed by atoms with Gasteiger partial charge in [-0.05, 0) is 12.0 Å². The van der Waals surface area contributed by atoms with E-state index in [-0.39, 0.29) is 16.7 Å². The van der Waals surface area contributed by atoms with E-state index >= 15 is 0 Å². The number of alkyl halides is 1. The molecule has 0 saturated heterocycles. The predicted octanol–water partition coefficient (Wildman–Crippen LogP) is 4.05. The number of thiophene rings is 1. The number of amides is 1. The molecule has 1 amide bonds. The number of benzene rings is 1. The van der Waals surface area contributed by atoms with Crippen molar-refractivity contribution in [3.05, 3.63) is 29.1 Å². The lowest BCUT2D eigenvalue weighted by atomic mass is 10.1. The number of carbonyl (C=O) groups excluding carboxylic acids is 2. The Morgan fingerprint density at radius 1 is 1.29 bits per heavy atom. The molecular weight excluding hydrogens is 354 g/mol. The van der Waals surface area contributed by atoms with Gasteiger partial charge in [-0.15, -0.1) is 11.3 Å². The standard InChI is InChI=1S/C15H16BrNO3S/c1-8(2)11(16)14(18)17-12-9-6-4-5-7-10(9)21-13(12)15(19)20-3/h4-8,11H,1-3H3,(H,17,18). The van der Waals surface area contributed by atoms with Crippen molar-refractivity contribution in [3.8, 4) is 0 Å². The molecule has 0 saturated carbocycles. The number of esters is 1. The van der Waals surface area contributed by atoms with E-state index in [1.54, 1.807) is 0 Å². The number of halogens is 1. The summed E-state index contributed by atoms with van der Waals surface area (Å²) in [5.41, 5.74) is 0.526. The summed E-state index contributed by atoms with van der Waals surface area (Å²) in [6.45, 7) is 3.90. The minimum absolute atomic E-state index is 0.150. The van der Waals surface area contributed by atoms with Gasteiger partial charge in [0, 0.05) is 10.1 Å². The van der Waals surface area contributed by atoms with Crippen LogP contribution in [-0.2, 0) is 9.53 Å². The number of hydrogen-bond acceptors (Lipinski definition) is 4. The molecule has 0 bridgehead atoms. The fourth-order valence-corrected chi connectivity index (χ4v) is 3.09. The van der Waals surface area contributed by atoms with Crippen LogP contribution in [0.1, 0.15) is 23.5 Å². The van der Waals surface area contributed by atoms with Gasteiger partial charge in [0.1, 0.15) is 4.88 Å². The van der Waals surface area contributed by atoms with E-state index in [1.807, 2.05) is 38.1 Å². The predicted molar refractivity (Wildman–Crippen MR) is 89.3 cm³/mol. The van der Waals surface area contributed by atoms with E-state index in [4.69, 9.17) is 4.74 Å². The van der Waals surface area contributed by atoms with Gasteiger partial charge >= 0.3 is 5.97 Å². The number of anilines is 1. The van der Waals surface area contributed by atoms with Crippen molar-refractivity contribution >= 4 is 54.9 Å². The second-order valence-corrected chi connectivity index (χ2v) is 6.97. The summed E-state index contributed by atoms with van der Waals surface area (Å²) in [5, 5.41) is 3.70. The van der Waals surface area contributed by atoms with Crippen molar-refractivity contribution in [1.29, 1.82) is 0 Å². The summed E-state index contributed by atoms with van der Waals surface area (Å²) in [7, 11) is 1.33. The molecule has 0 aliphatic heterocycles. The van der Waals surface area contributed by atoms with E-state index in [9.17, 15) is 9.59 Å². The first-order valence-corrected chi connectivity index (χ1v) is 8.23. The molecule has 0 aliphatic rings.